The number of carboxylic acid groups (broad SMARTS) is 1. The fourth-order valence-electron chi connectivity index (χ4n) is 3.79. The zero-order chi connectivity index (χ0) is 22.2. The second kappa shape index (κ2) is 7.81. The van der Waals surface area contributed by atoms with E-state index in [1.165, 1.54) is 0 Å². The first-order valence-corrected chi connectivity index (χ1v) is 9.92. The van der Waals surface area contributed by atoms with E-state index < -0.39 is 40.4 Å². The molecule has 160 valence electrons. The average molecular weight is 405 g/mol. The van der Waals surface area contributed by atoms with Crippen molar-refractivity contribution in [1.29, 1.82) is 0 Å². The van der Waals surface area contributed by atoms with Gasteiger partial charge in [-0.3, -0.25) is 14.4 Å². The molecule has 0 amide bonds. The Hall–Kier alpha value is -2.37. The van der Waals surface area contributed by atoms with Gasteiger partial charge in [0.2, 0.25) is 0 Å². The standard InChI is InChI=1S/C23H32O6/c1-14-9-8-10-16-15(11-18(24)25)12-23(13-17(14)16,19(26)28-21(2,3)4)20(27)29-22(5,6)7/h8-10,15H,11-13H2,1-7H3,(H,24,25). The van der Waals surface area contributed by atoms with Crippen molar-refractivity contribution in [2.45, 2.75) is 84.8 Å². The smallest absolute Gasteiger partial charge is 0.324 e. The molecule has 1 aliphatic carbocycles. The van der Waals surface area contributed by atoms with Gasteiger partial charge in [-0.05, 0) is 83.9 Å². The number of aliphatic carboxylic acids is 1. The van der Waals surface area contributed by atoms with Crippen LogP contribution in [0.2, 0.25) is 0 Å². The lowest BCUT2D eigenvalue weighted by molar-refractivity contribution is -0.187. The summed E-state index contributed by atoms with van der Waals surface area (Å²) in [6.45, 7) is 12.3. The molecule has 6 heteroatoms. The lowest BCUT2D eigenvalue weighted by Crippen LogP contribution is -2.50. The topological polar surface area (TPSA) is 89.9 Å². The Kier molecular flexibility index (Phi) is 6.17. The van der Waals surface area contributed by atoms with Gasteiger partial charge in [0.25, 0.3) is 0 Å². The van der Waals surface area contributed by atoms with E-state index in [1.54, 1.807) is 41.5 Å². The maximum Gasteiger partial charge on any atom is 0.324 e. The number of carbonyl (C=O) groups excluding carboxylic acids is 2. The van der Waals surface area contributed by atoms with Crippen LogP contribution in [0.25, 0.3) is 0 Å². The zero-order valence-corrected chi connectivity index (χ0v) is 18.4. The summed E-state index contributed by atoms with van der Waals surface area (Å²) in [5.41, 5.74) is -0.563. The number of hydrogen-bond donors (Lipinski definition) is 1. The van der Waals surface area contributed by atoms with Crippen molar-refractivity contribution in [3.63, 3.8) is 0 Å². The molecule has 1 aromatic rings. The molecule has 1 aromatic carbocycles. The number of esters is 2. The van der Waals surface area contributed by atoms with Crippen LogP contribution in [0.4, 0.5) is 0 Å². The first-order chi connectivity index (χ1) is 13.1. The van der Waals surface area contributed by atoms with Crippen molar-refractivity contribution < 1.29 is 29.0 Å². The van der Waals surface area contributed by atoms with Crippen LogP contribution < -0.4 is 0 Å². The van der Waals surface area contributed by atoms with Crippen molar-refractivity contribution in [3.8, 4) is 0 Å². The first kappa shape index (κ1) is 22.9. The molecule has 2 rings (SSSR count). The quantitative estimate of drug-likeness (QED) is 0.598. The van der Waals surface area contributed by atoms with E-state index in [-0.39, 0.29) is 19.3 Å². The second-order valence-electron chi connectivity index (χ2n) is 9.90. The molecule has 0 bridgehead atoms. The number of aryl methyl sites for hydroxylation is 1. The number of rotatable bonds is 4. The number of carbonyl (C=O) groups is 3. The maximum atomic E-state index is 13.3. The molecule has 1 aliphatic rings. The van der Waals surface area contributed by atoms with Gasteiger partial charge in [-0.15, -0.1) is 0 Å². The van der Waals surface area contributed by atoms with Crippen molar-refractivity contribution in [2.75, 3.05) is 0 Å². The molecule has 1 N–H and O–H groups in total. The molecule has 29 heavy (non-hydrogen) atoms. The average Bonchev–Trinajstić information content (AvgIpc) is 2.51. The van der Waals surface area contributed by atoms with Gasteiger partial charge in [-0.25, -0.2) is 0 Å². The number of hydrogen-bond acceptors (Lipinski definition) is 5. The third-order valence-corrected chi connectivity index (χ3v) is 4.96. The zero-order valence-electron chi connectivity index (χ0n) is 18.4. The van der Waals surface area contributed by atoms with Crippen LogP contribution in [0.3, 0.4) is 0 Å². The summed E-state index contributed by atoms with van der Waals surface area (Å²) in [5.74, 6) is -2.80. The molecular formula is C23H32O6. The molecule has 0 spiro atoms. The molecule has 1 unspecified atom stereocenters. The van der Waals surface area contributed by atoms with Crippen LogP contribution in [-0.4, -0.2) is 34.2 Å². The van der Waals surface area contributed by atoms with Gasteiger partial charge in [0, 0.05) is 0 Å². The molecule has 0 fully saturated rings. The molecule has 1 atom stereocenters. The Morgan fingerprint density at radius 2 is 1.55 bits per heavy atom. The van der Waals surface area contributed by atoms with E-state index >= 15 is 0 Å². The number of benzene rings is 1. The molecule has 0 heterocycles. The van der Waals surface area contributed by atoms with Crippen LogP contribution in [0.1, 0.15) is 77.0 Å². The van der Waals surface area contributed by atoms with E-state index in [1.807, 2.05) is 25.1 Å². The van der Waals surface area contributed by atoms with Crippen molar-refractivity contribution in [3.05, 3.63) is 34.9 Å². The van der Waals surface area contributed by atoms with Gasteiger partial charge < -0.3 is 14.6 Å². The fraction of sp³-hybridized carbons (Fsp3) is 0.609. The van der Waals surface area contributed by atoms with Crippen LogP contribution in [0, 0.1) is 12.3 Å². The van der Waals surface area contributed by atoms with E-state index in [2.05, 4.69) is 0 Å². The highest BCUT2D eigenvalue weighted by Crippen LogP contribution is 2.47. The Labute approximate surface area is 172 Å². The maximum absolute atomic E-state index is 13.3. The first-order valence-electron chi connectivity index (χ1n) is 9.92. The molecule has 0 aromatic heterocycles. The summed E-state index contributed by atoms with van der Waals surface area (Å²) in [7, 11) is 0. The molecule has 0 saturated heterocycles. The van der Waals surface area contributed by atoms with Crippen LogP contribution in [0.5, 0.6) is 0 Å². The molecule has 0 saturated carbocycles. The Morgan fingerprint density at radius 3 is 2.00 bits per heavy atom. The predicted octanol–water partition coefficient (Wildman–Crippen LogP) is 4.17. The van der Waals surface area contributed by atoms with Crippen LogP contribution in [-0.2, 0) is 30.3 Å². The Bertz CT molecular complexity index is 782. The summed E-state index contributed by atoms with van der Waals surface area (Å²) >= 11 is 0. The third-order valence-electron chi connectivity index (χ3n) is 4.96. The lowest BCUT2D eigenvalue weighted by Gasteiger charge is -2.41. The monoisotopic (exact) mass is 404 g/mol. The Morgan fingerprint density at radius 1 is 1.03 bits per heavy atom. The summed E-state index contributed by atoms with van der Waals surface area (Å²) in [5, 5.41) is 9.45. The summed E-state index contributed by atoms with van der Waals surface area (Å²) in [6, 6.07) is 5.65. The van der Waals surface area contributed by atoms with Gasteiger partial charge in [0.1, 0.15) is 11.2 Å². The molecular weight excluding hydrogens is 372 g/mol. The minimum atomic E-state index is -1.58. The Balaban J connectivity index is 2.63. The predicted molar refractivity (Wildman–Crippen MR) is 109 cm³/mol. The van der Waals surface area contributed by atoms with Gasteiger partial charge >= 0.3 is 17.9 Å². The summed E-state index contributed by atoms with van der Waals surface area (Å²) < 4.78 is 11.3. The summed E-state index contributed by atoms with van der Waals surface area (Å²) in [4.78, 5) is 38.2. The minimum Gasteiger partial charge on any atom is -0.481 e. The second-order valence-corrected chi connectivity index (χ2v) is 9.90. The summed E-state index contributed by atoms with van der Waals surface area (Å²) in [6.07, 6.45) is -0.00166. The van der Waals surface area contributed by atoms with Gasteiger partial charge in [0.15, 0.2) is 5.41 Å². The van der Waals surface area contributed by atoms with Crippen molar-refractivity contribution in [2.24, 2.45) is 5.41 Å². The van der Waals surface area contributed by atoms with Gasteiger partial charge in [-0.1, -0.05) is 18.2 Å². The molecule has 0 radical (unpaired) electrons. The van der Waals surface area contributed by atoms with Crippen LogP contribution in [0.15, 0.2) is 18.2 Å². The number of fused-ring (bicyclic) bond motifs is 1. The van der Waals surface area contributed by atoms with Crippen molar-refractivity contribution in [1.82, 2.24) is 0 Å². The fourth-order valence-corrected chi connectivity index (χ4v) is 3.79. The largest absolute Gasteiger partial charge is 0.481 e. The normalized spacial score (nSPS) is 18.5. The molecule has 6 nitrogen and oxygen atoms in total. The minimum absolute atomic E-state index is 0.0413. The van der Waals surface area contributed by atoms with Crippen LogP contribution >= 0.6 is 0 Å². The van der Waals surface area contributed by atoms with E-state index in [9.17, 15) is 19.5 Å². The highest BCUT2D eigenvalue weighted by molar-refractivity contribution is 6.01. The van der Waals surface area contributed by atoms with E-state index in [0.29, 0.717) is 0 Å². The third kappa shape index (κ3) is 5.37. The molecule has 0 aliphatic heterocycles. The SMILES string of the molecule is Cc1cccc2c1CC(C(=O)OC(C)(C)C)(C(=O)OC(C)(C)C)CC2CC(=O)O. The lowest BCUT2D eigenvalue weighted by atomic mass is 9.65. The number of carboxylic acids is 1. The number of ether oxygens (including phenoxy) is 2. The highest BCUT2D eigenvalue weighted by atomic mass is 16.6. The van der Waals surface area contributed by atoms with Gasteiger partial charge in [0.05, 0.1) is 6.42 Å². The van der Waals surface area contributed by atoms with E-state index in [4.69, 9.17) is 9.47 Å². The highest BCUT2D eigenvalue weighted by Gasteiger charge is 2.55. The van der Waals surface area contributed by atoms with E-state index in [0.717, 1.165) is 16.7 Å². The van der Waals surface area contributed by atoms with Crippen molar-refractivity contribution >= 4 is 17.9 Å². The van der Waals surface area contributed by atoms with Gasteiger partial charge in [-0.2, -0.15) is 0 Å².